The molecular weight excluding hydrogens is 438 g/mol. The first-order chi connectivity index (χ1) is 14.1. The van der Waals surface area contributed by atoms with Gasteiger partial charge >= 0.3 is 0 Å². The summed E-state index contributed by atoms with van der Waals surface area (Å²) < 4.78 is 22.7. The van der Waals surface area contributed by atoms with Crippen molar-refractivity contribution >= 4 is 21.8 Å². The Balaban J connectivity index is 1.49. The fourth-order valence-corrected chi connectivity index (χ4v) is 3.13. The number of carbonyl (C=O) groups excluding carboxylic acids is 1. The Morgan fingerprint density at radius 3 is 2.55 bits per heavy atom. The number of rotatable bonds is 9. The number of carbonyl (C=O) groups is 1. The SMILES string of the molecule is COc1ccc(CCNC(=O)c2ccc(COc3ccccc3Br)o2)cc1OC. The minimum atomic E-state index is -0.266. The number of furan rings is 1. The number of halogens is 1. The molecule has 0 aliphatic carbocycles. The van der Waals surface area contributed by atoms with Gasteiger partial charge in [0.05, 0.1) is 18.7 Å². The molecule has 0 radical (unpaired) electrons. The third kappa shape index (κ3) is 5.54. The Bertz CT molecular complexity index is 969. The molecule has 29 heavy (non-hydrogen) atoms. The molecule has 0 saturated carbocycles. The minimum Gasteiger partial charge on any atom is -0.493 e. The Hall–Kier alpha value is -2.93. The maximum Gasteiger partial charge on any atom is 0.287 e. The number of ether oxygens (including phenoxy) is 3. The zero-order valence-electron chi connectivity index (χ0n) is 16.2. The Kier molecular flexibility index (Phi) is 7.19. The monoisotopic (exact) mass is 459 g/mol. The van der Waals surface area contributed by atoms with Gasteiger partial charge in [0, 0.05) is 6.54 Å². The van der Waals surface area contributed by atoms with Crippen molar-refractivity contribution in [1.82, 2.24) is 5.32 Å². The standard InChI is InChI=1S/C22H22BrNO5/c1-26-19-9-7-15(13-21(19)27-2)11-12-24-22(25)20-10-8-16(29-20)14-28-18-6-4-3-5-17(18)23/h3-10,13H,11-12,14H2,1-2H3,(H,24,25). The molecular formula is C22H22BrNO5. The first-order valence-electron chi connectivity index (χ1n) is 9.06. The van der Waals surface area contributed by atoms with E-state index in [1.54, 1.807) is 26.4 Å². The van der Waals surface area contributed by atoms with Crippen LogP contribution in [-0.4, -0.2) is 26.7 Å². The van der Waals surface area contributed by atoms with Crippen LogP contribution in [0.2, 0.25) is 0 Å². The molecule has 0 spiro atoms. The number of nitrogens with one attached hydrogen (secondary N) is 1. The van der Waals surface area contributed by atoms with Gasteiger partial charge in [-0.1, -0.05) is 18.2 Å². The van der Waals surface area contributed by atoms with Crippen molar-refractivity contribution in [2.45, 2.75) is 13.0 Å². The molecule has 0 atom stereocenters. The summed E-state index contributed by atoms with van der Waals surface area (Å²) in [4.78, 5) is 12.3. The van der Waals surface area contributed by atoms with Gasteiger partial charge in [-0.25, -0.2) is 0 Å². The zero-order chi connectivity index (χ0) is 20.6. The third-order valence-electron chi connectivity index (χ3n) is 4.24. The average Bonchev–Trinajstić information content (AvgIpc) is 3.22. The number of para-hydroxylation sites is 1. The quantitative estimate of drug-likeness (QED) is 0.505. The van der Waals surface area contributed by atoms with Crippen molar-refractivity contribution in [3.8, 4) is 17.2 Å². The number of hydrogen-bond acceptors (Lipinski definition) is 5. The van der Waals surface area contributed by atoms with Crippen LogP contribution in [0.15, 0.2) is 63.5 Å². The molecule has 0 unspecified atom stereocenters. The number of methoxy groups -OCH3 is 2. The van der Waals surface area contributed by atoms with Crippen molar-refractivity contribution in [3.05, 3.63) is 76.2 Å². The molecule has 7 heteroatoms. The summed E-state index contributed by atoms with van der Waals surface area (Å²) >= 11 is 3.43. The fraction of sp³-hybridized carbons (Fsp3) is 0.227. The minimum absolute atomic E-state index is 0.238. The van der Waals surface area contributed by atoms with E-state index >= 15 is 0 Å². The van der Waals surface area contributed by atoms with E-state index < -0.39 is 0 Å². The Labute approximate surface area is 177 Å². The topological polar surface area (TPSA) is 69.9 Å². The van der Waals surface area contributed by atoms with Crippen LogP contribution >= 0.6 is 15.9 Å². The summed E-state index contributed by atoms with van der Waals surface area (Å²) in [5.41, 5.74) is 1.03. The first-order valence-corrected chi connectivity index (χ1v) is 9.85. The van der Waals surface area contributed by atoms with E-state index in [0.29, 0.717) is 36.0 Å². The van der Waals surface area contributed by atoms with Crippen LogP contribution in [0.1, 0.15) is 21.9 Å². The van der Waals surface area contributed by atoms with Crippen LogP contribution in [-0.2, 0) is 13.0 Å². The van der Waals surface area contributed by atoms with Crippen LogP contribution in [0.3, 0.4) is 0 Å². The van der Waals surface area contributed by atoms with E-state index in [1.165, 1.54) is 0 Å². The highest BCUT2D eigenvalue weighted by Gasteiger charge is 2.12. The van der Waals surface area contributed by atoms with Crippen LogP contribution < -0.4 is 19.5 Å². The highest BCUT2D eigenvalue weighted by molar-refractivity contribution is 9.10. The molecule has 0 aliphatic rings. The highest BCUT2D eigenvalue weighted by atomic mass is 79.9. The molecule has 6 nitrogen and oxygen atoms in total. The van der Waals surface area contributed by atoms with Crippen LogP contribution in [0.25, 0.3) is 0 Å². The van der Waals surface area contributed by atoms with Gasteiger partial charge in [-0.2, -0.15) is 0 Å². The summed E-state index contributed by atoms with van der Waals surface area (Å²) in [6.45, 7) is 0.708. The molecule has 3 aromatic rings. The first kappa shape index (κ1) is 20.8. The largest absolute Gasteiger partial charge is 0.493 e. The van der Waals surface area contributed by atoms with Gasteiger partial charge in [0.25, 0.3) is 5.91 Å². The number of hydrogen-bond donors (Lipinski definition) is 1. The predicted octanol–water partition coefficient (Wildman–Crippen LogP) is 4.61. The predicted molar refractivity (Wildman–Crippen MR) is 113 cm³/mol. The summed E-state index contributed by atoms with van der Waals surface area (Å²) in [5, 5.41) is 2.86. The molecule has 1 heterocycles. The molecule has 1 amide bonds. The second-order valence-corrected chi connectivity index (χ2v) is 7.03. The van der Waals surface area contributed by atoms with Gasteiger partial charge in [0.15, 0.2) is 17.3 Å². The van der Waals surface area contributed by atoms with Crippen molar-refractivity contribution in [2.75, 3.05) is 20.8 Å². The van der Waals surface area contributed by atoms with Crippen molar-refractivity contribution in [1.29, 1.82) is 0 Å². The second-order valence-electron chi connectivity index (χ2n) is 6.18. The highest BCUT2D eigenvalue weighted by Crippen LogP contribution is 2.27. The van der Waals surface area contributed by atoms with E-state index in [-0.39, 0.29) is 18.3 Å². The van der Waals surface area contributed by atoms with E-state index in [1.807, 2.05) is 42.5 Å². The zero-order valence-corrected chi connectivity index (χ0v) is 17.8. The van der Waals surface area contributed by atoms with Crippen molar-refractivity contribution in [3.63, 3.8) is 0 Å². The molecule has 0 aliphatic heterocycles. The summed E-state index contributed by atoms with van der Waals surface area (Å²) in [6, 6.07) is 16.6. The van der Waals surface area contributed by atoms with E-state index in [2.05, 4.69) is 21.2 Å². The third-order valence-corrected chi connectivity index (χ3v) is 4.89. The van der Waals surface area contributed by atoms with Gasteiger partial charge in [-0.05, 0) is 64.3 Å². The molecule has 0 saturated heterocycles. The lowest BCUT2D eigenvalue weighted by Crippen LogP contribution is -2.25. The summed E-state index contributed by atoms with van der Waals surface area (Å²) in [5.74, 6) is 2.61. The van der Waals surface area contributed by atoms with Crippen molar-refractivity contribution in [2.24, 2.45) is 0 Å². The van der Waals surface area contributed by atoms with Crippen molar-refractivity contribution < 1.29 is 23.4 Å². The van der Waals surface area contributed by atoms with Gasteiger partial charge in [-0.3, -0.25) is 4.79 Å². The number of benzene rings is 2. The fourth-order valence-electron chi connectivity index (χ4n) is 2.73. The van der Waals surface area contributed by atoms with Crippen LogP contribution in [0, 0.1) is 0 Å². The lowest BCUT2D eigenvalue weighted by molar-refractivity contribution is 0.0922. The second kappa shape index (κ2) is 10.0. The average molecular weight is 460 g/mol. The van der Waals surface area contributed by atoms with E-state index in [9.17, 15) is 4.79 Å². The van der Waals surface area contributed by atoms with Crippen LogP contribution in [0.5, 0.6) is 17.2 Å². The summed E-state index contributed by atoms with van der Waals surface area (Å²) in [7, 11) is 3.19. The van der Waals surface area contributed by atoms with Gasteiger partial charge in [0.2, 0.25) is 0 Å². The maximum absolute atomic E-state index is 12.3. The smallest absolute Gasteiger partial charge is 0.287 e. The molecule has 3 rings (SSSR count). The molecule has 0 bridgehead atoms. The Morgan fingerprint density at radius 1 is 1.00 bits per heavy atom. The normalized spacial score (nSPS) is 10.4. The molecule has 0 fully saturated rings. The lowest BCUT2D eigenvalue weighted by Gasteiger charge is -2.10. The number of amides is 1. The van der Waals surface area contributed by atoms with Gasteiger partial charge in [-0.15, -0.1) is 0 Å². The van der Waals surface area contributed by atoms with Gasteiger partial charge in [0.1, 0.15) is 18.1 Å². The van der Waals surface area contributed by atoms with Crippen LogP contribution in [0.4, 0.5) is 0 Å². The molecule has 152 valence electrons. The van der Waals surface area contributed by atoms with E-state index in [4.69, 9.17) is 18.6 Å². The summed E-state index contributed by atoms with van der Waals surface area (Å²) in [6.07, 6.45) is 0.658. The van der Waals surface area contributed by atoms with E-state index in [0.717, 1.165) is 10.0 Å². The molecule has 1 aromatic heterocycles. The Morgan fingerprint density at radius 2 is 1.79 bits per heavy atom. The molecule has 2 aromatic carbocycles. The van der Waals surface area contributed by atoms with Gasteiger partial charge < -0.3 is 23.9 Å². The maximum atomic E-state index is 12.3. The lowest BCUT2D eigenvalue weighted by atomic mass is 10.1. The molecule has 1 N–H and O–H groups in total.